The summed E-state index contributed by atoms with van der Waals surface area (Å²) in [6.45, 7) is 9.41. The largest absolute Gasteiger partial charge is 0.256 e. The van der Waals surface area contributed by atoms with Gasteiger partial charge in [0.25, 0.3) is 5.82 Å². The van der Waals surface area contributed by atoms with Crippen LogP contribution in [0, 0.1) is 0 Å². The predicted molar refractivity (Wildman–Crippen MR) is 225 cm³/mol. The Morgan fingerprint density at radius 2 is 0.620 bits per heavy atom. The van der Waals surface area contributed by atoms with E-state index in [1.807, 2.05) is 0 Å². The van der Waals surface area contributed by atoms with Crippen LogP contribution in [0.3, 0.4) is 0 Å². The van der Waals surface area contributed by atoms with Crippen LogP contribution in [0.5, 0.6) is 0 Å². The quantitative estimate of drug-likeness (QED) is 0.0474. The molecule has 1 rings (SSSR count). The number of nitrogens with zero attached hydrogens (tertiary/aromatic N) is 2. The monoisotopic (exact) mass is 700 g/mol. The average molecular weight is 700 g/mol. The van der Waals surface area contributed by atoms with Crippen molar-refractivity contribution in [2.45, 2.75) is 291 Å². The average Bonchev–Trinajstić information content (AvgIpc) is 3.51. The summed E-state index contributed by atoms with van der Waals surface area (Å²) in [7, 11) is 0. The zero-order valence-electron chi connectivity index (χ0n) is 35.2. The highest BCUT2D eigenvalue weighted by molar-refractivity contribution is 4.84. The molecule has 0 radical (unpaired) electrons. The van der Waals surface area contributed by atoms with E-state index >= 15 is 0 Å². The van der Waals surface area contributed by atoms with Gasteiger partial charge < -0.3 is 0 Å². The molecule has 1 aromatic heterocycles. The first-order chi connectivity index (χ1) is 24.8. The maximum atomic E-state index is 2.65. The van der Waals surface area contributed by atoms with Crippen molar-refractivity contribution in [1.82, 2.24) is 4.57 Å². The van der Waals surface area contributed by atoms with Crippen LogP contribution in [0.2, 0.25) is 0 Å². The minimum atomic E-state index is 1.23. The molecule has 50 heavy (non-hydrogen) atoms. The topological polar surface area (TPSA) is 8.81 Å². The number of aryl methyl sites for hydroxylation is 2. The van der Waals surface area contributed by atoms with Gasteiger partial charge in [-0.05, 0) is 32.1 Å². The van der Waals surface area contributed by atoms with E-state index < -0.39 is 0 Å². The van der Waals surface area contributed by atoms with Crippen LogP contribution in [0.4, 0.5) is 0 Å². The molecule has 0 bridgehead atoms. The Hall–Kier alpha value is -0.790. The summed E-state index contributed by atoms with van der Waals surface area (Å²) < 4.78 is 5.31. The van der Waals surface area contributed by atoms with Crippen molar-refractivity contribution < 1.29 is 4.57 Å². The molecule has 0 unspecified atom stereocenters. The number of hydrogen-bond acceptors (Lipinski definition) is 0. The van der Waals surface area contributed by atoms with Crippen LogP contribution >= 0.6 is 0 Å². The Labute approximate surface area is 317 Å². The number of rotatable bonds is 42. The number of imidazole rings is 1. The summed E-state index contributed by atoms with van der Waals surface area (Å²) in [5.74, 6) is 1.63. The molecule has 0 atom stereocenters. The maximum Gasteiger partial charge on any atom is 0.256 e. The summed E-state index contributed by atoms with van der Waals surface area (Å²) in [6, 6.07) is 0. The van der Waals surface area contributed by atoms with E-state index in [0.717, 1.165) is 0 Å². The van der Waals surface area contributed by atoms with Crippen molar-refractivity contribution in [1.29, 1.82) is 0 Å². The van der Waals surface area contributed by atoms with Crippen LogP contribution in [0.1, 0.15) is 277 Å². The number of aromatic nitrogens is 2. The second-order valence-corrected chi connectivity index (χ2v) is 16.6. The van der Waals surface area contributed by atoms with Gasteiger partial charge in [0.1, 0.15) is 12.4 Å². The molecule has 0 aliphatic carbocycles. The third-order valence-corrected chi connectivity index (χ3v) is 11.6. The molecule has 0 aromatic carbocycles. The van der Waals surface area contributed by atoms with Gasteiger partial charge in [-0.3, -0.25) is 0 Å². The van der Waals surface area contributed by atoms with Gasteiger partial charge in [0.05, 0.1) is 13.1 Å². The van der Waals surface area contributed by atoms with Gasteiger partial charge in [0, 0.05) is 6.42 Å². The fourth-order valence-corrected chi connectivity index (χ4v) is 8.09. The molecule has 1 aromatic rings. The lowest BCUT2D eigenvalue weighted by atomic mass is 10.0. The molecular weight excluding hydrogens is 605 g/mol. The summed E-state index contributed by atoms with van der Waals surface area (Å²) in [5.41, 5.74) is 0. The second kappa shape index (κ2) is 39.4. The lowest BCUT2D eigenvalue weighted by molar-refractivity contribution is -0.704. The normalized spacial score (nSPS) is 11.7. The molecular formula is C48H95N2+. The highest BCUT2D eigenvalue weighted by atomic mass is 15.1. The van der Waals surface area contributed by atoms with E-state index in [1.165, 1.54) is 270 Å². The predicted octanol–water partition coefficient (Wildman–Crippen LogP) is 16.6. The lowest BCUT2D eigenvalue weighted by Crippen LogP contribution is -2.37. The molecule has 1 heterocycles. The van der Waals surface area contributed by atoms with E-state index in [-0.39, 0.29) is 0 Å². The maximum absolute atomic E-state index is 2.65. The van der Waals surface area contributed by atoms with Gasteiger partial charge >= 0.3 is 0 Å². The van der Waals surface area contributed by atoms with E-state index in [9.17, 15) is 0 Å². The fourth-order valence-electron chi connectivity index (χ4n) is 8.09. The van der Waals surface area contributed by atoms with Gasteiger partial charge in [0.15, 0.2) is 0 Å². The summed E-state index contributed by atoms with van der Waals surface area (Å²) in [5, 5.41) is 0. The molecule has 0 spiro atoms. The van der Waals surface area contributed by atoms with Crippen molar-refractivity contribution in [3.05, 3.63) is 18.2 Å². The Balaban J connectivity index is 2.26. The van der Waals surface area contributed by atoms with Gasteiger partial charge in [-0.15, -0.1) is 0 Å². The highest BCUT2D eigenvalue weighted by Gasteiger charge is 2.16. The number of hydrogen-bond donors (Lipinski definition) is 0. The second-order valence-electron chi connectivity index (χ2n) is 16.6. The SMILES string of the molecule is CCCCCCCCCCCCCCCCCn1cc[n+](CCCCCCCCCCCCC)c1CCCCCCCCCCCCCCC. The van der Waals surface area contributed by atoms with Crippen LogP contribution in [-0.2, 0) is 19.5 Å². The van der Waals surface area contributed by atoms with Crippen molar-refractivity contribution in [2.75, 3.05) is 0 Å². The third-order valence-electron chi connectivity index (χ3n) is 11.6. The minimum absolute atomic E-state index is 1.23. The van der Waals surface area contributed by atoms with E-state index in [1.54, 1.807) is 5.82 Å². The zero-order chi connectivity index (χ0) is 35.8. The first-order valence-electron chi connectivity index (χ1n) is 23.9. The Bertz CT molecular complexity index is 766. The molecule has 0 amide bonds. The fraction of sp³-hybridized carbons (Fsp3) is 0.938. The first kappa shape index (κ1) is 47.2. The smallest absolute Gasteiger partial charge is 0.234 e. The van der Waals surface area contributed by atoms with Crippen molar-refractivity contribution in [3.63, 3.8) is 0 Å². The van der Waals surface area contributed by atoms with Crippen LogP contribution in [0.15, 0.2) is 12.4 Å². The molecule has 0 aliphatic rings. The molecule has 0 saturated heterocycles. The van der Waals surface area contributed by atoms with Gasteiger partial charge in [0.2, 0.25) is 0 Å². The molecule has 296 valence electrons. The third kappa shape index (κ3) is 30.8. The summed E-state index contributed by atoms with van der Waals surface area (Å²) in [6.07, 6.45) is 62.3. The molecule has 0 N–H and O–H groups in total. The Morgan fingerprint density at radius 1 is 0.340 bits per heavy atom. The van der Waals surface area contributed by atoms with Crippen molar-refractivity contribution in [2.24, 2.45) is 0 Å². The summed E-state index contributed by atoms with van der Waals surface area (Å²) in [4.78, 5) is 0. The zero-order valence-corrected chi connectivity index (χ0v) is 35.2. The highest BCUT2D eigenvalue weighted by Crippen LogP contribution is 2.17. The lowest BCUT2D eigenvalue weighted by Gasteiger charge is -2.07. The van der Waals surface area contributed by atoms with Gasteiger partial charge in [-0.1, -0.05) is 239 Å². The number of unbranched alkanes of at least 4 members (excludes halogenated alkanes) is 36. The van der Waals surface area contributed by atoms with Crippen LogP contribution in [0.25, 0.3) is 0 Å². The Morgan fingerprint density at radius 3 is 0.960 bits per heavy atom. The minimum Gasteiger partial charge on any atom is -0.234 e. The molecule has 2 nitrogen and oxygen atoms in total. The van der Waals surface area contributed by atoms with E-state index in [4.69, 9.17) is 0 Å². The Kier molecular flexibility index (Phi) is 37.2. The van der Waals surface area contributed by atoms with Gasteiger partial charge in [-0.2, -0.15) is 0 Å². The van der Waals surface area contributed by atoms with Crippen LogP contribution in [-0.4, -0.2) is 4.57 Å². The molecule has 0 fully saturated rings. The summed E-state index contributed by atoms with van der Waals surface area (Å²) >= 11 is 0. The molecule has 0 aliphatic heterocycles. The van der Waals surface area contributed by atoms with Crippen LogP contribution < -0.4 is 4.57 Å². The van der Waals surface area contributed by atoms with Gasteiger partial charge in [-0.25, -0.2) is 9.13 Å². The van der Waals surface area contributed by atoms with E-state index in [0.29, 0.717) is 0 Å². The standard InChI is InChI=1S/C48H95N2/c1-4-7-10-13-16-19-22-24-25-27-30-33-36-39-42-45-50-47-46-49(44-41-38-35-32-29-21-18-15-12-9-6-3)48(50)43-40-37-34-31-28-26-23-20-17-14-11-8-5-2/h46-47H,4-45H2,1-3H3/q+1. The van der Waals surface area contributed by atoms with Crippen molar-refractivity contribution >= 4 is 0 Å². The van der Waals surface area contributed by atoms with E-state index in [2.05, 4.69) is 42.3 Å². The van der Waals surface area contributed by atoms with Crippen molar-refractivity contribution in [3.8, 4) is 0 Å². The molecule has 2 heteroatoms. The molecule has 0 saturated carbocycles. The first-order valence-corrected chi connectivity index (χ1v) is 23.9.